The normalized spacial score (nSPS) is 15.1. The van der Waals surface area contributed by atoms with Crippen LogP contribution in [-0.2, 0) is 0 Å². The molecule has 1 heterocycles. The van der Waals surface area contributed by atoms with E-state index in [2.05, 4.69) is 0 Å². The van der Waals surface area contributed by atoms with Crippen LogP contribution in [0.15, 0.2) is 42.5 Å². The number of ether oxygens (including phenoxy) is 2. The molecular formula is C15H12ClFO2. The fraction of sp³-hybridized carbons (Fsp3) is 0.200. The van der Waals surface area contributed by atoms with Crippen molar-refractivity contribution in [1.82, 2.24) is 0 Å². The van der Waals surface area contributed by atoms with Crippen LogP contribution in [-0.4, -0.2) is 13.2 Å². The number of benzene rings is 2. The van der Waals surface area contributed by atoms with Crippen molar-refractivity contribution < 1.29 is 13.9 Å². The van der Waals surface area contributed by atoms with Crippen molar-refractivity contribution in [1.29, 1.82) is 0 Å². The molecule has 0 aliphatic carbocycles. The Morgan fingerprint density at radius 2 is 1.74 bits per heavy atom. The summed E-state index contributed by atoms with van der Waals surface area (Å²) in [7, 11) is 0. The van der Waals surface area contributed by atoms with Crippen LogP contribution in [0, 0.1) is 5.82 Å². The average molecular weight is 279 g/mol. The maximum absolute atomic E-state index is 13.7. The summed E-state index contributed by atoms with van der Waals surface area (Å²) in [6, 6.07) is 11.9. The van der Waals surface area contributed by atoms with Gasteiger partial charge in [-0.1, -0.05) is 24.3 Å². The van der Waals surface area contributed by atoms with Crippen LogP contribution in [0.4, 0.5) is 4.39 Å². The topological polar surface area (TPSA) is 18.5 Å². The first-order valence-corrected chi connectivity index (χ1v) is 6.47. The molecule has 1 aliphatic rings. The van der Waals surface area contributed by atoms with E-state index in [1.807, 2.05) is 6.07 Å². The van der Waals surface area contributed by atoms with Gasteiger partial charge in [-0.2, -0.15) is 0 Å². The van der Waals surface area contributed by atoms with E-state index in [-0.39, 0.29) is 5.82 Å². The summed E-state index contributed by atoms with van der Waals surface area (Å²) >= 11 is 6.34. The minimum absolute atomic E-state index is 0.308. The predicted octanol–water partition coefficient (Wildman–Crippen LogP) is 3.93. The molecule has 0 saturated heterocycles. The lowest BCUT2D eigenvalue weighted by atomic mass is 10.0. The highest BCUT2D eigenvalue weighted by atomic mass is 35.5. The number of fused-ring (bicyclic) bond motifs is 1. The third-order valence-electron chi connectivity index (χ3n) is 3.04. The lowest BCUT2D eigenvalue weighted by Crippen LogP contribution is -2.15. The quantitative estimate of drug-likeness (QED) is 0.775. The van der Waals surface area contributed by atoms with Gasteiger partial charge in [-0.3, -0.25) is 0 Å². The minimum Gasteiger partial charge on any atom is -0.486 e. The number of alkyl halides is 1. The van der Waals surface area contributed by atoms with Crippen molar-refractivity contribution >= 4 is 11.6 Å². The van der Waals surface area contributed by atoms with Gasteiger partial charge >= 0.3 is 0 Å². The van der Waals surface area contributed by atoms with E-state index in [9.17, 15) is 4.39 Å². The Balaban J connectivity index is 1.96. The van der Waals surface area contributed by atoms with E-state index in [1.165, 1.54) is 6.07 Å². The molecule has 0 spiro atoms. The number of halogens is 2. The summed E-state index contributed by atoms with van der Waals surface area (Å²) in [4.78, 5) is 0. The zero-order chi connectivity index (χ0) is 13.2. The minimum atomic E-state index is -0.544. The van der Waals surface area contributed by atoms with Gasteiger partial charge in [0.05, 0.1) is 5.38 Å². The zero-order valence-electron chi connectivity index (χ0n) is 10.1. The molecule has 2 aromatic rings. The van der Waals surface area contributed by atoms with Crippen LogP contribution in [0.2, 0.25) is 0 Å². The lowest BCUT2D eigenvalue weighted by Gasteiger charge is -2.20. The van der Waals surface area contributed by atoms with E-state index < -0.39 is 5.38 Å². The van der Waals surface area contributed by atoms with E-state index in [0.717, 1.165) is 5.56 Å². The summed E-state index contributed by atoms with van der Waals surface area (Å²) < 4.78 is 24.7. The van der Waals surface area contributed by atoms with E-state index in [0.29, 0.717) is 30.3 Å². The third kappa shape index (κ3) is 2.38. The molecule has 0 aromatic heterocycles. The van der Waals surface area contributed by atoms with E-state index in [1.54, 1.807) is 30.3 Å². The van der Waals surface area contributed by atoms with Gasteiger partial charge in [0.2, 0.25) is 0 Å². The van der Waals surface area contributed by atoms with Gasteiger partial charge in [0.15, 0.2) is 11.5 Å². The second-order valence-corrected chi connectivity index (χ2v) is 4.72. The lowest BCUT2D eigenvalue weighted by molar-refractivity contribution is 0.171. The molecule has 2 aromatic carbocycles. The fourth-order valence-corrected chi connectivity index (χ4v) is 2.39. The zero-order valence-corrected chi connectivity index (χ0v) is 10.9. The second-order valence-electron chi connectivity index (χ2n) is 4.29. The highest BCUT2D eigenvalue weighted by Gasteiger charge is 2.18. The van der Waals surface area contributed by atoms with Gasteiger partial charge in [0, 0.05) is 5.56 Å². The Morgan fingerprint density at radius 1 is 1.00 bits per heavy atom. The molecule has 98 valence electrons. The second kappa shape index (κ2) is 5.10. The maximum Gasteiger partial charge on any atom is 0.161 e. The summed E-state index contributed by atoms with van der Waals surface area (Å²) in [5.74, 6) is 1.05. The van der Waals surface area contributed by atoms with Gasteiger partial charge in [-0.05, 0) is 23.8 Å². The van der Waals surface area contributed by atoms with Crippen molar-refractivity contribution in [2.24, 2.45) is 0 Å². The summed E-state index contributed by atoms with van der Waals surface area (Å²) in [6.07, 6.45) is 0. The molecular weight excluding hydrogens is 267 g/mol. The van der Waals surface area contributed by atoms with Crippen LogP contribution in [0.3, 0.4) is 0 Å². The highest BCUT2D eigenvalue weighted by Crippen LogP contribution is 2.37. The molecule has 1 aliphatic heterocycles. The standard InChI is InChI=1S/C15H12ClFO2/c16-15(11-3-1-2-4-12(11)17)10-5-6-13-14(9-10)19-8-7-18-13/h1-6,9,15H,7-8H2. The largest absolute Gasteiger partial charge is 0.486 e. The molecule has 0 radical (unpaired) electrons. The number of hydrogen-bond acceptors (Lipinski definition) is 2. The number of hydrogen-bond donors (Lipinski definition) is 0. The molecule has 1 atom stereocenters. The van der Waals surface area contributed by atoms with E-state index >= 15 is 0 Å². The Bertz CT molecular complexity index is 600. The average Bonchev–Trinajstić information content (AvgIpc) is 2.46. The van der Waals surface area contributed by atoms with Crippen LogP contribution >= 0.6 is 11.6 Å². The Kier molecular flexibility index (Phi) is 3.30. The van der Waals surface area contributed by atoms with Crippen molar-refractivity contribution in [3.8, 4) is 11.5 Å². The molecule has 0 amide bonds. The van der Waals surface area contributed by atoms with Gasteiger partial charge < -0.3 is 9.47 Å². The van der Waals surface area contributed by atoms with Gasteiger partial charge in [0.25, 0.3) is 0 Å². The first-order chi connectivity index (χ1) is 9.25. The van der Waals surface area contributed by atoms with Gasteiger partial charge in [0.1, 0.15) is 19.0 Å². The molecule has 0 fully saturated rings. The van der Waals surface area contributed by atoms with Gasteiger partial charge in [-0.15, -0.1) is 11.6 Å². The van der Waals surface area contributed by atoms with Crippen LogP contribution in [0.1, 0.15) is 16.5 Å². The molecule has 4 heteroatoms. The maximum atomic E-state index is 13.7. The first-order valence-electron chi connectivity index (χ1n) is 6.04. The molecule has 1 unspecified atom stereocenters. The van der Waals surface area contributed by atoms with Crippen molar-refractivity contribution in [2.45, 2.75) is 5.38 Å². The fourth-order valence-electron chi connectivity index (χ4n) is 2.08. The Labute approximate surface area is 115 Å². The Hall–Kier alpha value is -1.74. The molecule has 0 N–H and O–H groups in total. The van der Waals surface area contributed by atoms with E-state index in [4.69, 9.17) is 21.1 Å². The molecule has 19 heavy (non-hydrogen) atoms. The smallest absolute Gasteiger partial charge is 0.161 e. The Morgan fingerprint density at radius 3 is 2.53 bits per heavy atom. The third-order valence-corrected chi connectivity index (χ3v) is 3.52. The predicted molar refractivity (Wildman–Crippen MR) is 71.5 cm³/mol. The van der Waals surface area contributed by atoms with Crippen molar-refractivity contribution in [3.63, 3.8) is 0 Å². The van der Waals surface area contributed by atoms with Crippen LogP contribution < -0.4 is 9.47 Å². The monoisotopic (exact) mass is 278 g/mol. The summed E-state index contributed by atoms with van der Waals surface area (Å²) in [5.41, 5.74) is 1.25. The number of rotatable bonds is 2. The van der Waals surface area contributed by atoms with Crippen molar-refractivity contribution in [2.75, 3.05) is 13.2 Å². The first kappa shape index (κ1) is 12.3. The molecule has 3 rings (SSSR count). The molecule has 2 nitrogen and oxygen atoms in total. The molecule has 0 saturated carbocycles. The van der Waals surface area contributed by atoms with Crippen LogP contribution in [0.5, 0.6) is 11.5 Å². The van der Waals surface area contributed by atoms with Crippen molar-refractivity contribution in [3.05, 3.63) is 59.4 Å². The molecule has 0 bridgehead atoms. The summed E-state index contributed by atoms with van der Waals surface area (Å²) in [6.45, 7) is 1.06. The van der Waals surface area contributed by atoms with Gasteiger partial charge in [-0.25, -0.2) is 4.39 Å². The summed E-state index contributed by atoms with van der Waals surface area (Å²) in [5, 5.41) is -0.544. The SMILES string of the molecule is Fc1ccccc1C(Cl)c1ccc2c(c1)OCCO2. The highest BCUT2D eigenvalue weighted by molar-refractivity contribution is 6.22. The van der Waals surface area contributed by atoms with Crippen LogP contribution in [0.25, 0.3) is 0 Å².